The molecule has 176 valence electrons. The Morgan fingerprint density at radius 1 is 1.15 bits per heavy atom. The van der Waals surface area contributed by atoms with Gasteiger partial charge >= 0.3 is 0 Å². The van der Waals surface area contributed by atoms with Crippen LogP contribution in [0, 0.1) is 0 Å². The molecule has 0 spiro atoms. The maximum absolute atomic E-state index is 13.3. The number of likely N-dealkylation sites (tertiary alicyclic amines) is 1. The zero-order valence-electron chi connectivity index (χ0n) is 17.7. The number of rotatable bonds is 6. The van der Waals surface area contributed by atoms with Crippen molar-refractivity contribution in [3.05, 3.63) is 17.5 Å². The largest absolute Gasteiger partial charge is 0.348 e. The monoisotopic (exact) mass is 510 g/mol. The van der Waals surface area contributed by atoms with E-state index in [9.17, 15) is 16.8 Å². The van der Waals surface area contributed by atoms with Gasteiger partial charge in [0.1, 0.15) is 4.90 Å². The van der Waals surface area contributed by atoms with Gasteiger partial charge in [-0.25, -0.2) is 27.0 Å². The van der Waals surface area contributed by atoms with Crippen LogP contribution >= 0.6 is 11.3 Å². The summed E-state index contributed by atoms with van der Waals surface area (Å²) in [4.78, 5) is 7.79. The summed E-state index contributed by atoms with van der Waals surface area (Å²) in [6, 6.07) is 2.83. The number of tetrazole rings is 1. The number of primary sulfonamides is 1. The SMILES string of the molecule is CN1CC(S(=O)(=O)c2ccc(-c3csc(N4CCCC4)n3)c(-c3nn[nH]n3)c2S(N)(=O)=O)C1. The predicted molar refractivity (Wildman–Crippen MR) is 122 cm³/mol. The van der Waals surface area contributed by atoms with Gasteiger partial charge in [0.15, 0.2) is 15.0 Å². The second-order valence-electron chi connectivity index (χ2n) is 8.19. The number of hydrogen-bond acceptors (Lipinski definition) is 11. The molecule has 15 heteroatoms. The summed E-state index contributed by atoms with van der Waals surface area (Å²) >= 11 is 1.43. The standard InChI is InChI=1S/C18H22N8O4S3/c1-25-8-11(9-25)32(27,28)14-5-4-12(13-10-31-18(20-13)26-6-2-3-7-26)15(16(14)33(19,29)30)17-21-23-24-22-17/h4-5,10-11H,2-3,6-9H2,1H3,(H2,19,29,30)(H,21,22,23,24). The van der Waals surface area contributed by atoms with Crippen molar-refractivity contribution < 1.29 is 16.8 Å². The average molecular weight is 511 g/mol. The second kappa shape index (κ2) is 8.09. The van der Waals surface area contributed by atoms with Gasteiger partial charge < -0.3 is 9.80 Å². The Kier molecular flexibility index (Phi) is 5.48. The van der Waals surface area contributed by atoms with E-state index in [-0.39, 0.29) is 16.3 Å². The van der Waals surface area contributed by atoms with E-state index in [1.807, 2.05) is 4.90 Å². The quantitative estimate of drug-likeness (QED) is 0.471. The fourth-order valence-corrected chi connectivity index (χ4v) is 8.52. The third kappa shape index (κ3) is 3.93. The minimum Gasteiger partial charge on any atom is -0.348 e. The molecule has 0 radical (unpaired) electrons. The van der Waals surface area contributed by atoms with Crippen molar-refractivity contribution in [1.82, 2.24) is 30.5 Å². The molecule has 0 unspecified atom stereocenters. The second-order valence-corrected chi connectivity index (χ2v) is 12.7. The number of sulfone groups is 1. The van der Waals surface area contributed by atoms with Crippen molar-refractivity contribution in [2.75, 3.05) is 38.1 Å². The van der Waals surface area contributed by atoms with Crippen LogP contribution < -0.4 is 10.0 Å². The van der Waals surface area contributed by atoms with Gasteiger partial charge in [0.05, 0.1) is 21.4 Å². The molecule has 0 atom stereocenters. The van der Waals surface area contributed by atoms with Crippen LogP contribution in [0.15, 0.2) is 27.3 Å². The van der Waals surface area contributed by atoms with Gasteiger partial charge in [0.2, 0.25) is 15.8 Å². The molecule has 0 amide bonds. The molecule has 1 aromatic carbocycles. The van der Waals surface area contributed by atoms with Gasteiger partial charge in [-0.2, -0.15) is 5.21 Å². The molecule has 0 aliphatic carbocycles. The number of H-pyrrole nitrogens is 1. The zero-order valence-corrected chi connectivity index (χ0v) is 20.1. The summed E-state index contributed by atoms with van der Waals surface area (Å²) in [7, 11) is -6.68. The number of nitrogens with one attached hydrogen (secondary N) is 1. The highest BCUT2D eigenvalue weighted by atomic mass is 32.2. The van der Waals surface area contributed by atoms with Crippen molar-refractivity contribution in [1.29, 1.82) is 0 Å². The highest BCUT2D eigenvalue weighted by Gasteiger charge is 2.41. The predicted octanol–water partition coefficient (Wildman–Crippen LogP) is 0.326. The minimum atomic E-state index is -4.49. The highest BCUT2D eigenvalue weighted by molar-refractivity contribution is 7.94. The van der Waals surface area contributed by atoms with E-state index in [0.29, 0.717) is 24.3 Å². The van der Waals surface area contributed by atoms with Crippen molar-refractivity contribution in [3.8, 4) is 22.6 Å². The Morgan fingerprint density at radius 3 is 2.48 bits per heavy atom. The number of aromatic amines is 1. The van der Waals surface area contributed by atoms with Gasteiger partial charge in [-0.3, -0.25) is 0 Å². The first-order valence-corrected chi connectivity index (χ1v) is 14.2. The van der Waals surface area contributed by atoms with Gasteiger partial charge in [-0.15, -0.1) is 21.5 Å². The van der Waals surface area contributed by atoms with Crippen molar-refractivity contribution in [3.63, 3.8) is 0 Å². The number of benzene rings is 1. The summed E-state index contributed by atoms with van der Waals surface area (Å²) in [5.74, 6) is -0.0764. The van der Waals surface area contributed by atoms with Crippen molar-refractivity contribution in [2.24, 2.45) is 5.14 Å². The lowest BCUT2D eigenvalue weighted by atomic mass is 10.0. The van der Waals surface area contributed by atoms with Crippen LogP contribution in [0.25, 0.3) is 22.6 Å². The Morgan fingerprint density at radius 2 is 1.88 bits per heavy atom. The lowest BCUT2D eigenvalue weighted by Gasteiger charge is -2.35. The third-order valence-electron chi connectivity index (χ3n) is 5.90. The van der Waals surface area contributed by atoms with Crippen LogP contribution in [0.3, 0.4) is 0 Å². The number of sulfonamides is 1. The summed E-state index contributed by atoms with van der Waals surface area (Å²) in [5.41, 5.74) is 0.823. The van der Waals surface area contributed by atoms with Crippen LogP contribution in [0.2, 0.25) is 0 Å². The fourth-order valence-electron chi connectivity index (χ4n) is 4.23. The lowest BCUT2D eigenvalue weighted by Crippen LogP contribution is -2.52. The molecule has 12 nitrogen and oxygen atoms in total. The van der Waals surface area contributed by atoms with Crippen molar-refractivity contribution >= 4 is 36.3 Å². The molecule has 4 heterocycles. The van der Waals surface area contributed by atoms with E-state index in [4.69, 9.17) is 5.14 Å². The normalized spacial score (nSPS) is 18.1. The zero-order chi connectivity index (χ0) is 23.4. The van der Waals surface area contributed by atoms with Crippen molar-refractivity contribution in [2.45, 2.75) is 27.9 Å². The van der Waals surface area contributed by atoms with E-state index < -0.39 is 30.0 Å². The first-order valence-electron chi connectivity index (χ1n) is 10.2. The van der Waals surface area contributed by atoms with Crippen LogP contribution in [-0.2, 0) is 19.9 Å². The Hall–Kier alpha value is -2.46. The van der Waals surface area contributed by atoms with Gasteiger partial charge in [0.25, 0.3) is 0 Å². The number of hydrogen-bond donors (Lipinski definition) is 2. The summed E-state index contributed by atoms with van der Waals surface area (Å²) < 4.78 is 52.3. The third-order valence-corrected chi connectivity index (χ3v) is 10.0. The summed E-state index contributed by atoms with van der Waals surface area (Å²) in [5, 5.41) is 21.2. The Labute approximate surface area is 194 Å². The first-order chi connectivity index (χ1) is 15.7. The summed E-state index contributed by atoms with van der Waals surface area (Å²) in [6.45, 7) is 2.41. The molecule has 2 saturated heterocycles. The molecule has 5 rings (SSSR count). The molecule has 0 saturated carbocycles. The average Bonchev–Trinajstić information content (AvgIpc) is 3.51. The molecule has 33 heavy (non-hydrogen) atoms. The number of anilines is 1. The molecule has 2 fully saturated rings. The van der Waals surface area contributed by atoms with E-state index in [2.05, 4.69) is 30.5 Å². The maximum atomic E-state index is 13.3. The van der Waals surface area contributed by atoms with Crippen LogP contribution in [0.5, 0.6) is 0 Å². The van der Waals surface area contributed by atoms with E-state index in [1.165, 1.54) is 17.4 Å². The topological polar surface area (TPSA) is 168 Å². The Bertz CT molecular complexity index is 1390. The lowest BCUT2D eigenvalue weighted by molar-refractivity contribution is 0.231. The van der Waals surface area contributed by atoms with Crippen LogP contribution in [-0.4, -0.2) is 85.8 Å². The van der Waals surface area contributed by atoms with Gasteiger partial charge in [-0.05, 0) is 31.2 Å². The minimum absolute atomic E-state index is 0.0294. The number of nitrogens with zero attached hydrogens (tertiary/aromatic N) is 6. The molecule has 3 aromatic rings. The fraction of sp³-hybridized carbons (Fsp3) is 0.444. The van der Waals surface area contributed by atoms with Gasteiger partial charge in [-0.1, -0.05) is 6.07 Å². The molecule has 0 bridgehead atoms. The van der Waals surface area contributed by atoms with E-state index in [1.54, 1.807) is 18.5 Å². The molecular weight excluding hydrogens is 488 g/mol. The molecule has 2 aliphatic rings. The summed E-state index contributed by atoms with van der Waals surface area (Å²) in [6.07, 6.45) is 2.17. The number of aromatic nitrogens is 5. The van der Waals surface area contributed by atoms with E-state index >= 15 is 0 Å². The highest BCUT2D eigenvalue weighted by Crippen LogP contribution is 2.41. The van der Waals surface area contributed by atoms with Crippen LogP contribution in [0.4, 0.5) is 5.13 Å². The molecular formula is C18H22N8O4S3. The van der Waals surface area contributed by atoms with Gasteiger partial charge in [0, 0.05) is 37.1 Å². The maximum Gasteiger partial charge on any atom is 0.240 e. The number of thiazole rings is 1. The number of nitrogens with two attached hydrogens (primary N) is 1. The Balaban J connectivity index is 1.73. The van der Waals surface area contributed by atoms with Crippen LogP contribution in [0.1, 0.15) is 12.8 Å². The molecule has 2 aromatic heterocycles. The molecule has 2 aliphatic heterocycles. The first kappa shape index (κ1) is 22.3. The molecule has 3 N–H and O–H groups in total. The van der Waals surface area contributed by atoms with E-state index in [0.717, 1.165) is 31.1 Å². The smallest absolute Gasteiger partial charge is 0.240 e.